The van der Waals surface area contributed by atoms with Crippen LogP contribution in [0, 0.1) is 0 Å². The van der Waals surface area contributed by atoms with Gasteiger partial charge in [-0.2, -0.15) is 0 Å². The summed E-state index contributed by atoms with van der Waals surface area (Å²) in [6, 6.07) is 93.5. The second kappa shape index (κ2) is 15.2. The van der Waals surface area contributed by atoms with Gasteiger partial charge in [0, 0.05) is 49.2 Å². The smallest absolute Gasteiger partial charge is 0.145 e. The van der Waals surface area contributed by atoms with E-state index < -0.39 is 10.8 Å². The average molecular weight is 1070 g/mol. The Bertz CT molecular complexity index is 5730. The minimum absolute atomic E-state index is 0.459. The topological polar surface area (TPSA) is 36.1 Å². The molecule has 0 saturated heterocycles. The zero-order valence-electron chi connectivity index (χ0n) is 45.4. The van der Waals surface area contributed by atoms with Gasteiger partial charge in [-0.05, 0) is 145 Å². The van der Waals surface area contributed by atoms with E-state index in [1.165, 1.54) is 94.7 Å². The summed E-state index contributed by atoms with van der Waals surface area (Å²) in [5.74, 6) is 0. The second-order valence-electron chi connectivity index (χ2n) is 23.9. The van der Waals surface area contributed by atoms with Crippen molar-refractivity contribution < 1.29 is 8.83 Å². The summed E-state index contributed by atoms with van der Waals surface area (Å²) in [5, 5.41) is 8.98. The van der Waals surface area contributed by atoms with E-state index in [1.54, 1.807) is 0 Å². The number of rotatable bonds is 2. The molecule has 4 heteroatoms. The van der Waals surface area contributed by atoms with Crippen LogP contribution in [-0.2, 0) is 10.8 Å². The highest BCUT2D eigenvalue weighted by Gasteiger charge is 2.55. The molecule has 0 atom stereocenters. The highest BCUT2D eigenvalue weighted by molar-refractivity contribution is 6.30. The van der Waals surface area contributed by atoms with Gasteiger partial charge >= 0.3 is 0 Å². The molecule has 4 nitrogen and oxygen atoms in total. The van der Waals surface area contributed by atoms with Crippen molar-refractivity contribution in [1.29, 1.82) is 0 Å². The fourth-order valence-corrected chi connectivity index (χ4v) is 17.5. The standard InChI is InChI=1S/C80H46N2O2/c1-9-27-57-45(19-1)46-20-2-10-28-58(46)79(57)61-31-13-5-25-53(61)73-63(79)33-17-35-65(73)81-67-41-39-51-49-23-7-15-37-71(49)83-77(51)75(67)55-44-70-56(43-69(55)81)76-68(42-40-52-50-24-8-16-38-72(50)84-78(52)76)82(70)66-36-18-34-64-74(66)54-26-6-14-32-62(54)80(64)59-29-11-3-21-47(59)48-22-4-12-30-60(48)80/h1-17,19-35,37-44H,18,36H2. The minimum atomic E-state index is -0.504. The molecular formula is C80H46N2O2. The van der Waals surface area contributed by atoms with Crippen LogP contribution in [0.5, 0.6) is 0 Å². The van der Waals surface area contributed by atoms with Gasteiger partial charge in [0.25, 0.3) is 0 Å². The monoisotopic (exact) mass is 1070 g/mol. The average Bonchev–Trinajstić information content (AvgIpc) is 1.56. The number of benzene rings is 12. The number of furan rings is 2. The van der Waals surface area contributed by atoms with E-state index in [9.17, 15) is 0 Å². The lowest BCUT2D eigenvalue weighted by atomic mass is 9.69. The van der Waals surface area contributed by atoms with Gasteiger partial charge in [-0.1, -0.05) is 200 Å². The van der Waals surface area contributed by atoms with Gasteiger partial charge in [0.05, 0.1) is 49.4 Å². The van der Waals surface area contributed by atoms with Crippen LogP contribution in [0.2, 0.25) is 0 Å². The Kier molecular flexibility index (Phi) is 7.99. The molecule has 0 fully saturated rings. The first-order valence-corrected chi connectivity index (χ1v) is 29.5. The molecule has 2 spiro atoms. The Labute approximate surface area is 481 Å². The van der Waals surface area contributed by atoms with Crippen molar-refractivity contribution in [3.63, 3.8) is 0 Å². The lowest BCUT2D eigenvalue weighted by Gasteiger charge is -2.32. The summed E-state index contributed by atoms with van der Waals surface area (Å²) in [6.45, 7) is 0. The quantitative estimate of drug-likeness (QED) is 0.173. The van der Waals surface area contributed by atoms with Gasteiger partial charge < -0.3 is 18.0 Å². The maximum absolute atomic E-state index is 7.20. The first kappa shape index (κ1) is 44.0. The Morgan fingerprint density at radius 1 is 0.321 bits per heavy atom. The number of aromatic nitrogens is 2. The zero-order chi connectivity index (χ0) is 54.3. The first-order chi connectivity index (χ1) is 41.7. The number of allylic oxidation sites excluding steroid dienone is 4. The number of hydrogen-bond acceptors (Lipinski definition) is 2. The molecule has 16 aromatic rings. The van der Waals surface area contributed by atoms with E-state index >= 15 is 0 Å². The number of hydrogen-bond donors (Lipinski definition) is 0. The maximum atomic E-state index is 7.20. The highest BCUT2D eigenvalue weighted by atomic mass is 16.3. The molecule has 21 rings (SSSR count). The third-order valence-corrected chi connectivity index (χ3v) is 20.4. The third-order valence-electron chi connectivity index (χ3n) is 20.4. The Hall–Kier alpha value is -10.7. The molecule has 84 heavy (non-hydrogen) atoms. The zero-order valence-corrected chi connectivity index (χ0v) is 45.4. The second-order valence-corrected chi connectivity index (χ2v) is 23.9. The van der Waals surface area contributed by atoms with Crippen LogP contribution in [0.3, 0.4) is 0 Å². The van der Waals surface area contributed by atoms with E-state index in [0.717, 1.165) is 106 Å². The molecule has 0 N–H and O–H groups in total. The van der Waals surface area contributed by atoms with Crippen molar-refractivity contribution in [3.8, 4) is 39.1 Å². The van der Waals surface area contributed by atoms with Gasteiger partial charge in [-0.15, -0.1) is 0 Å². The van der Waals surface area contributed by atoms with E-state index in [1.807, 2.05) is 0 Å². The van der Waals surface area contributed by atoms with Crippen molar-refractivity contribution in [3.05, 3.63) is 305 Å². The van der Waals surface area contributed by atoms with Gasteiger partial charge in [-0.3, -0.25) is 0 Å². The molecule has 0 saturated carbocycles. The molecule has 0 unspecified atom stereocenters. The van der Waals surface area contributed by atoms with Crippen molar-refractivity contribution in [1.82, 2.24) is 9.13 Å². The van der Waals surface area contributed by atoms with Crippen molar-refractivity contribution in [2.24, 2.45) is 0 Å². The fraction of sp³-hybridized carbons (Fsp3) is 0.0500. The molecular weight excluding hydrogens is 1020 g/mol. The van der Waals surface area contributed by atoms with Gasteiger partial charge in [0.1, 0.15) is 22.3 Å². The molecule has 0 amide bonds. The van der Waals surface area contributed by atoms with Crippen LogP contribution in [-0.4, -0.2) is 9.13 Å². The highest BCUT2D eigenvalue weighted by Crippen LogP contribution is 2.67. The lowest BCUT2D eigenvalue weighted by Crippen LogP contribution is -2.26. The summed E-state index contributed by atoms with van der Waals surface area (Å²) in [6.07, 6.45) is 4.35. The van der Waals surface area contributed by atoms with Crippen LogP contribution in [0.1, 0.15) is 57.3 Å². The Balaban J connectivity index is 0.928. The van der Waals surface area contributed by atoms with Crippen LogP contribution in [0.15, 0.2) is 269 Å². The Morgan fingerprint density at radius 3 is 1.31 bits per heavy atom. The molecule has 12 aromatic carbocycles. The maximum Gasteiger partial charge on any atom is 0.145 e. The molecule has 0 radical (unpaired) electrons. The van der Waals surface area contributed by atoms with Crippen molar-refractivity contribution in [2.75, 3.05) is 0 Å². The molecule has 4 aromatic heterocycles. The predicted molar refractivity (Wildman–Crippen MR) is 343 cm³/mol. The summed E-state index contributed by atoms with van der Waals surface area (Å²) < 4.78 is 19.6. The molecule has 4 heterocycles. The summed E-state index contributed by atoms with van der Waals surface area (Å²) in [4.78, 5) is 0. The fourth-order valence-electron chi connectivity index (χ4n) is 17.5. The van der Waals surface area contributed by atoms with E-state index in [0.29, 0.717) is 0 Å². The molecule has 5 aliphatic rings. The SMILES string of the molecule is C1=C2C(=C(n3c4cc5c6c7oc8ccccc8c7ccc6n(-c6cccc7c6-c6ccccc6C76c7ccccc7-c7ccccc76)c5cc4c4c5oc6ccccc6c5ccc43)CC1)c1ccccc1C21c2ccccc2-c2ccccc21. The van der Waals surface area contributed by atoms with Crippen LogP contribution < -0.4 is 0 Å². The largest absolute Gasteiger partial charge is 0.455 e. The number of para-hydroxylation sites is 2. The Morgan fingerprint density at radius 2 is 0.750 bits per heavy atom. The normalized spacial score (nSPS) is 15.5. The summed E-state index contributed by atoms with van der Waals surface area (Å²) in [5.41, 5.74) is 30.7. The summed E-state index contributed by atoms with van der Waals surface area (Å²) >= 11 is 0. The van der Waals surface area contributed by atoms with Gasteiger partial charge in [0.2, 0.25) is 0 Å². The number of fused-ring (bicyclic) bond motifs is 34. The van der Waals surface area contributed by atoms with Crippen molar-refractivity contribution in [2.45, 2.75) is 23.7 Å². The predicted octanol–water partition coefficient (Wildman–Crippen LogP) is 20.5. The van der Waals surface area contributed by atoms with E-state index in [4.69, 9.17) is 8.83 Å². The molecule has 0 bridgehead atoms. The van der Waals surface area contributed by atoms with E-state index in [-0.39, 0.29) is 0 Å². The third kappa shape index (κ3) is 4.94. The van der Waals surface area contributed by atoms with Crippen LogP contribution in [0.4, 0.5) is 0 Å². The molecule has 0 aliphatic heterocycles. The molecule has 5 aliphatic carbocycles. The summed E-state index contributed by atoms with van der Waals surface area (Å²) in [7, 11) is 0. The van der Waals surface area contributed by atoms with Crippen molar-refractivity contribution >= 4 is 98.8 Å². The molecule has 388 valence electrons. The lowest BCUT2D eigenvalue weighted by molar-refractivity contribution is 0.672. The van der Waals surface area contributed by atoms with Gasteiger partial charge in [0.15, 0.2) is 0 Å². The first-order valence-electron chi connectivity index (χ1n) is 29.5. The van der Waals surface area contributed by atoms with E-state index in [2.05, 4.69) is 264 Å². The minimum Gasteiger partial charge on any atom is -0.455 e. The number of nitrogens with zero attached hydrogens (tertiary/aromatic N) is 2. The van der Waals surface area contributed by atoms with Crippen LogP contribution in [0.25, 0.3) is 138 Å². The van der Waals surface area contributed by atoms with Gasteiger partial charge in [-0.25, -0.2) is 0 Å². The van der Waals surface area contributed by atoms with Crippen LogP contribution >= 0.6 is 0 Å².